The van der Waals surface area contributed by atoms with Crippen LogP contribution in [-0.4, -0.2) is 22.7 Å². The molecule has 0 unspecified atom stereocenters. The van der Waals surface area contributed by atoms with Crippen LogP contribution in [0.4, 0.5) is 0 Å². The van der Waals surface area contributed by atoms with E-state index in [1.165, 1.54) is 6.92 Å². The lowest BCUT2D eigenvalue weighted by Gasteiger charge is -2.09. The number of methoxy groups -OCH3 is 1. The summed E-state index contributed by atoms with van der Waals surface area (Å²) in [6.45, 7) is 4.23. The Morgan fingerprint density at radius 2 is 2.11 bits per heavy atom. The molecule has 0 bridgehead atoms. The van der Waals surface area contributed by atoms with E-state index in [0.717, 1.165) is 17.0 Å². The fraction of sp³-hybridized carbons (Fsp3) is 0.286. The minimum Gasteiger partial charge on any atom is -0.496 e. The number of carbonyl (C=O) groups is 1. The molecule has 4 heteroatoms. The third-order valence-electron chi connectivity index (χ3n) is 2.82. The average Bonchev–Trinajstić information content (AvgIpc) is 2.82. The molecule has 4 nitrogen and oxygen atoms in total. The second-order valence-electron chi connectivity index (χ2n) is 3.99. The van der Waals surface area contributed by atoms with E-state index in [4.69, 9.17) is 4.74 Å². The number of para-hydroxylation sites is 1. The van der Waals surface area contributed by atoms with Crippen LogP contribution in [0.2, 0.25) is 0 Å². The van der Waals surface area contributed by atoms with Crippen molar-refractivity contribution in [2.24, 2.45) is 0 Å². The number of Topliss-reactive ketones (excluding diaryl/α,β-unsaturated/α-hetero) is 1. The second kappa shape index (κ2) is 5.04. The lowest BCUT2D eigenvalue weighted by molar-refractivity contribution is 0.101. The fourth-order valence-electron chi connectivity index (χ4n) is 1.90. The van der Waals surface area contributed by atoms with Crippen molar-refractivity contribution in [1.82, 2.24) is 9.78 Å². The summed E-state index contributed by atoms with van der Waals surface area (Å²) in [4.78, 5) is 11.4. The van der Waals surface area contributed by atoms with Gasteiger partial charge in [-0.25, -0.2) is 0 Å². The Balaban J connectivity index is 2.59. The number of benzene rings is 1. The van der Waals surface area contributed by atoms with Gasteiger partial charge in [0, 0.05) is 19.0 Å². The van der Waals surface area contributed by atoms with Gasteiger partial charge in [0.1, 0.15) is 11.4 Å². The lowest BCUT2D eigenvalue weighted by atomic mass is 10.1. The number of ketones is 1. The van der Waals surface area contributed by atoms with Gasteiger partial charge in [-0.3, -0.25) is 9.48 Å². The molecule has 0 radical (unpaired) electrons. The minimum atomic E-state index is -0.0293. The van der Waals surface area contributed by atoms with Gasteiger partial charge in [0.2, 0.25) is 0 Å². The highest BCUT2D eigenvalue weighted by Crippen LogP contribution is 2.30. The SMILES string of the molecule is CCn1nc(C(C)=O)cc1-c1ccccc1OC. The van der Waals surface area contributed by atoms with E-state index in [0.29, 0.717) is 12.2 Å². The van der Waals surface area contributed by atoms with Gasteiger partial charge in [-0.2, -0.15) is 5.10 Å². The van der Waals surface area contributed by atoms with E-state index in [2.05, 4.69) is 5.10 Å². The summed E-state index contributed by atoms with van der Waals surface area (Å²) in [6, 6.07) is 9.53. The van der Waals surface area contributed by atoms with Crippen molar-refractivity contribution in [1.29, 1.82) is 0 Å². The standard InChI is InChI=1S/C14H16N2O2/c1-4-16-13(9-12(15-16)10(2)17)11-7-5-6-8-14(11)18-3/h5-9H,4H2,1-3H3. The van der Waals surface area contributed by atoms with Gasteiger partial charge >= 0.3 is 0 Å². The first-order chi connectivity index (χ1) is 8.67. The predicted octanol–water partition coefficient (Wildman–Crippen LogP) is 2.78. The number of hydrogen-bond acceptors (Lipinski definition) is 3. The van der Waals surface area contributed by atoms with Gasteiger partial charge in [-0.05, 0) is 25.1 Å². The summed E-state index contributed by atoms with van der Waals surface area (Å²) < 4.78 is 7.16. The lowest BCUT2D eigenvalue weighted by Crippen LogP contribution is -2.01. The Hall–Kier alpha value is -2.10. The molecule has 0 atom stereocenters. The molecule has 0 spiro atoms. The molecular formula is C14H16N2O2. The Morgan fingerprint density at radius 1 is 1.39 bits per heavy atom. The van der Waals surface area contributed by atoms with E-state index in [9.17, 15) is 4.79 Å². The van der Waals surface area contributed by atoms with E-state index in [-0.39, 0.29) is 5.78 Å². The highest BCUT2D eigenvalue weighted by molar-refractivity contribution is 5.93. The fourth-order valence-corrected chi connectivity index (χ4v) is 1.90. The number of rotatable bonds is 4. The maximum absolute atomic E-state index is 11.4. The molecule has 1 aromatic carbocycles. The minimum absolute atomic E-state index is 0.0293. The Morgan fingerprint density at radius 3 is 2.72 bits per heavy atom. The topological polar surface area (TPSA) is 44.1 Å². The maximum Gasteiger partial charge on any atom is 0.180 e. The highest BCUT2D eigenvalue weighted by Gasteiger charge is 2.14. The van der Waals surface area contributed by atoms with E-state index < -0.39 is 0 Å². The van der Waals surface area contributed by atoms with Crippen LogP contribution in [0.1, 0.15) is 24.3 Å². The zero-order valence-electron chi connectivity index (χ0n) is 10.8. The van der Waals surface area contributed by atoms with Crippen LogP contribution in [0.5, 0.6) is 5.75 Å². The summed E-state index contributed by atoms with van der Waals surface area (Å²) >= 11 is 0. The molecule has 0 saturated heterocycles. The normalized spacial score (nSPS) is 10.4. The predicted molar refractivity (Wildman–Crippen MR) is 69.9 cm³/mol. The summed E-state index contributed by atoms with van der Waals surface area (Å²) in [5, 5.41) is 4.29. The van der Waals surface area contributed by atoms with Gasteiger partial charge < -0.3 is 4.74 Å². The van der Waals surface area contributed by atoms with Gasteiger partial charge in [0.15, 0.2) is 5.78 Å². The number of carbonyl (C=O) groups excluding carboxylic acids is 1. The molecule has 1 heterocycles. The Labute approximate surface area is 106 Å². The van der Waals surface area contributed by atoms with Gasteiger partial charge in [0.25, 0.3) is 0 Å². The summed E-state index contributed by atoms with van der Waals surface area (Å²) in [6.07, 6.45) is 0. The molecule has 18 heavy (non-hydrogen) atoms. The number of aromatic nitrogens is 2. The molecule has 0 saturated carbocycles. The molecule has 0 N–H and O–H groups in total. The summed E-state index contributed by atoms with van der Waals surface area (Å²) in [5.74, 6) is 0.751. The van der Waals surface area contributed by atoms with E-state index >= 15 is 0 Å². The average molecular weight is 244 g/mol. The zero-order chi connectivity index (χ0) is 13.1. The molecule has 0 aliphatic carbocycles. The van der Waals surface area contributed by atoms with Crippen molar-refractivity contribution in [3.63, 3.8) is 0 Å². The first kappa shape index (κ1) is 12.4. The molecule has 0 aliphatic heterocycles. The van der Waals surface area contributed by atoms with Crippen LogP contribution in [-0.2, 0) is 6.54 Å². The van der Waals surface area contributed by atoms with Crippen LogP contribution in [0.25, 0.3) is 11.3 Å². The first-order valence-corrected chi connectivity index (χ1v) is 5.89. The van der Waals surface area contributed by atoms with Crippen molar-refractivity contribution < 1.29 is 9.53 Å². The van der Waals surface area contributed by atoms with Crippen molar-refractivity contribution in [2.45, 2.75) is 20.4 Å². The molecule has 0 amide bonds. The molecule has 2 rings (SSSR count). The smallest absolute Gasteiger partial charge is 0.180 e. The Kier molecular flexibility index (Phi) is 3.46. The van der Waals surface area contributed by atoms with Gasteiger partial charge in [0.05, 0.1) is 12.8 Å². The summed E-state index contributed by atoms with van der Waals surface area (Å²) in [7, 11) is 1.64. The van der Waals surface area contributed by atoms with E-state index in [1.54, 1.807) is 7.11 Å². The quantitative estimate of drug-likeness (QED) is 0.777. The van der Waals surface area contributed by atoms with Crippen molar-refractivity contribution >= 4 is 5.78 Å². The van der Waals surface area contributed by atoms with Crippen molar-refractivity contribution in [3.8, 4) is 17.0 Å². The van der Waals surface area contributed by atoms with Crippen LogP contribution < -0.4 is 4.74 Å². The van der Waals surface area contributed by atoms with Crippen molar-refractivity contribution in [3.05, 3.63) is 36.0 Å². The van der Waals surface area contributed by atoms with Crippen LogP contribution >= 0.6 is 0 Å². The van der Waals surface area contributed by atoms with Crippen LogP contribution in [0.3, 0.4) is 0 Å². The zero-order valence-corrected chi connectivity index (χ0v) is 10.8. The van der Waals surface area contributed by atoms with E-state index in [1.807, 2.05) is 41.9 Å². The molecule has 0 fully saturated rings. The maximum atomic E-state index is 11.4. The molecule has 2 aromatic rings. The first-order valence-electron chi connectivity index (χ1n) is 5.89. The number of hydrogen-bond donors (Lipinski definition) is 0. The largest absolute Gasteiger partial charge is 0.496 e. The van der Waals surface area contributed by atoms with Crippen molar-refractivity contribution in [2.75, 3.05) is 7.11 Å². The monoisotopic (exact) mass is 244 g/mol. The second-order valence-corrected chi connectivity index (χ2v) is 3.99. The molecule has 1 aromatic heterocycles. The summed E-state index contributed by atoms with van der Waals surface area (Å²) in [5.41, 5.74) is 2.33. The Bertz CT molecular complexity index is 573. The number of ether oxygens (including phenoxy) is 1. The third kappa shape index (κ3) is 2.14. The van der Waals surface area contributed by atoms with Gasteiger partial charge in [-0.15, -0.1) is 0 Å². The van der Waals surface area contributed by atoms with Crippen LogP contribution in [0, 0.1) is 0 Å². The van der Waals surface area contributed by atoms with Crippen LogP contribution in [0.15, 0.2) is 30.3 Å². The number of aryl methyl sites for hydroxylation is 1. The van der Waals surface area contributed by atoms with Gasteiger partial charge in [-0.1, -0.05) is 12.1 Å². The molecular weight excluding hydrogens is 228 g/mol. The number of nitrogens with zero attached hydrogens (tertiary/aromatic N) is 2. The molecule has 94 valence electrons. The third-order valence-corrected chi connectivity index (χ3v) is 2.82. The highest BCUT2D eigenvalue weighted by atomic mass is 16.5. The molecule has 0 aliphatic rings.